The van der Waals surface area contributed by atoms with Gasteiger partial charge in [0.2, 0.25) is 0 Å². The molecule has 1 aromatic carbocycles. The lowest BCUT2D eigenvalue weighted by atomic mass is 10.2. The molecule has 43 heavy (non-hydrogen) atoms. The predicted molar refractivity (Wildman–Crippen MR) is 141 cm³/mol. The molecule has 0 fully saturated rings. The number of nitrogens with zero attached hydrogens (tertiary/aromatic N) is 4. The number of nitrogens with one attached hydrogen (secondary N) is 2. The van der Waals surface area contributed by atoms with E-state index in [2.05, 4.69) is 25.7 Å². The highest BCUT2D eigenvalue weighted by Crippen LogP contribution is 2.35. The maximum absolute atomic E-state index is 15.0. The molecular formula is C27H23F5N6O5. The molecule has 0 aliphatic carbocycles. The Labute approximate surface area is 240 Å². The molecule has 0 atom stereocenters. The van der Waals surface area contributed by atoms with Gasteiger partial charge in [0.15, 0.2) is 28.9 Å². The van der Waals surface area contributed by atoms with Crippen LogP contribution < -0.4 is 15.4 Å². The summed E-state index contributed by atoms with van der Waals surface area (Å²) in [6.07, 6.45) is -3.13. The monoisotopic (exact) mass is 606 g/mol. The molecule has 0 aliphatic rings. The van der Waals surface area contributed by atoms with Gasteiger partial charge in [0.05, 0.1) is 23.9 Å². The van der Waals surface area contributed by atoms with E-state index >= 15 is 0 Å². The van der Waals surface area contributed by atoms with E-state index in [1.807, 2.05) is 0 Å². The first-order valence-electron chi connectivity index (χ1n) is 12.3. The van der Waals surface area contributed by atoms with Crippen molar-refractivity contribution < 1.29 is 46.1 Å². The zero-order valence-corrected chi connectivity index (χ0v) is 22.7. The van der Waals surface area contributed by atoms with Crippen LogP contribution in [0.1, 0.15) is 42.4 Å². The molecule has 0 spiro atoms. The molecule has 16 heteroatoms. The number of aliphatic hydroxyl groups excluding tert-OH is 1. The van der Waals surface area contributed by atoms with Gasteiger partial charge in [-0.15, -0.1) is 0 Å². The van der Waals surface area contributed by atoms with Gasteiger partial charge in [0.25, 0.3) is 5.91 Å². The number of benzene rings is 1. The van der Waals surface area contributed by atoms with E-state index in [0.29, 0.717) is 6.20 Å². The minimum absolute atomic E-state index is 0.00817. The van der Waals surface area contributed by atoms with Gasteiger partial charge in [0.1, 0.15) is 17.2 Å². The zero-order chi connectivity index (χ0) is 31.5. The van der Waals surface area contributed by atoms with Crippen LogP contribution >= 0.6 is 0 Å². The first-order valence-corrected chi connectivity index (χ1v) is 12.3. The topological polar surface area (TPSA) is 140 Å². The molecule has 4 rings (SSSR count). The number of anilines is 2. The summed E-state index contributed by atoms with van der Waals surface area (Å²) in [6, 6.07) is 6.34. The van der Waals surface area contributed by atoms with Gasteiger partial charge in [-0.2, -0.15) is 18.3 Å². The summed E-state index contributed by atoms with van der Waals surface area (Å²) in [5.74, 6) is -4.80. The van der Waals surface area contributed by atoms with E-state index < -0.39 is 64.8 Å². The van der Waals surface area contributed by atoms with Crippen LogP contribution in [0.5, 0.6) is 11.5 Å². The first-order chi connectivity index (χ1) is 20.2. The SMILES string of the molecule is CC(C)(C)OC(=O)Nc1nccc(Oc2ccc(NC(=O)c3cnn(-c4ncccc4F)c3C(F)(F)F)cc2F)c1CO. The van der Waals surface area contributed by atoms with Crippen molar-refractivity contribution >= 4 is 23.5 Å². The van der Waals surface area contributed by atoms with Crippen LogP contribution in [0.4, 0.5) is 38.3 Å². The van der Waals surface area contributed by atoms with E-state index in [1.54, 1.807) is 20.8 Å². The van der Waals surface area contributed by atoms with Crippen LogP contribution in [0.3, 0.4) is 0 Å². The third kappa shape index (κ3) is 7.21. The van der Waals surface area contributed by atoms with Crippen molar-refractivity contribution in [3.05, 3.63) is 83.4 Å². The molecule has 0 bridgehead atoms. The van der Waals surface area contributed by atoms with Crippen molar-refractivity contribution in [2.45, 2.75) is 39.2 Å². The van der Waals surface area contributed by atoms with Crippen molar-refractivity contribution in [1.82, 2.24) is 19.7 Å². The van der Waals surface area contributed by atoms with Gasteiger partial charge in [-0.05, 0) is 51.1 Å². The highest BCUT2D eigenvalue weighted by atomic mass is 19.4. The van der Waals surface area contributed by atoms with Crippen LogP contribution in [0.15, 0.2) is 55.0 Å². The van der Waals surface area contributed by atoms with Gasteiger partial charge >= 0.3 is 12.3 Å². The Balaban J connectivity index is 1.56. The molecule has 0 saturated carbocycles. The lowest BCUT2D eigenvalue weighted by Crippen LogP contribution is -2.27. The summed E-state index contributed by atoms with van der Waals surface area (Å²) >= 11 is 0. The van der Waals surface area contributed by atoms with Crippen molar-refractivity contribution in [3.8, 4) is 17.3 Å². The fourth-order valence-corrected chi connectivity index (χ4v) is 3.69. The Morgan fingerprint density at radius 1 is 0.977 bits per heavy atom. The fourth-order valence-electron chi connectivity index (χ4n) is 3.69. The highest BCUT2D eigenvalue weighted by Gasteiger charge is 2.41. The summed E-state index contributed by atoms with van der Waals surface area (Å²) in [5, 5.41) is 17.9. The minimum Gasteiger partial charge on any atom is -0.454 e. The summed E-state index contributed by atoms with van der Waals surface area (Å²) in [4.78, 5) is 32.4. The maximum Gasteiger partial charge on any atom is 0.434 e. The lowest BCUT2D eigenvalue weighted by Gasteiger charge is -2.20. The van der Waals surface area contributed by atoms with Gasteiger partial charge in [-0.3, -0.25) is 10.1 Å². The predicted octanol–water partition coefficient (Wildman–Crippen LogP) is 5.84. The summed E-state index contributed by atoms with van der Waals surface area (Å²) < 4.78 is 81.6. The van der Waals surface area contributed by atoms with Crippen molar-refractivity contribution in [3.63, 3.8) is 0 Å². The molecule has 3 heterocycles. The van der Waals surface area contributed by atoms with E-state index in [-0.39, 0.29) is 27.5 Å². The van der Waals surface area contributed by atoms with Crippen molar-refractivity contribution in [2.24, 2.45) is 0 Å². The van der Waals surface area contributed by atoms with E-state index in [0.717, 1.165) is 30.5 Å². The zero-order valence-electron chi connectivity index (χ0n) is 22.7. The molecular weight excluding hydrogens is 583 g/mol. The molecule has 4 aromatic rings. The Bertz CT molecular complexity index is 1670. The van der Waals surface area contributed by atoms with Crippen LogP contribution in [0.25, 0.3) is 5.82 Å². The average molecular weight is 607 g/mol. The van der Waals surface area contributed by atoms with Crippen LogP contribution in [-0.2, 0) is 17.5 Å². The number of rotatable bonds is 7. The number of carbonyl (C=O) groups is 2. The number of amides is 2. The minimum atomic E-state index is -5.14. The number of hydrogen-bond donors (Lipinski definition) is 3. The number of alkyl halides is 3. The van der Waals surface area contributed by atoms with Gasteiger partial charge in [-0.1, -0.05) is 0 Å². The number of ether oxygens (including phenoxy) is 2. The fraction of sp³-hybridized carbons (Fsp3) is 0.222. The lowest BCUT2D eigenvalue weighted by molar-refractivity contribution is -0.143. The number of aromatic nitrogens is 4. The molecule has 2 amide bonds. The average Bonchev–Trinajstić information content (AvgIpc) is 3.36. The molecule has 226 valence electrons. The second-order valence-corrected chi connectivity index (χ2v) is 9.75. The number of hydrogen-bond acceptors (Lipinski definition) is 8. The molecule has 0 saturated heterocycles. The third-order valence-electron chi connectivity index (χ3n) is 5.42. The first kappa shape index (κ1) is 30.8. The number of carbonyl (C=O) groups excluding carboxylic acids is 2. The van der Waals surface area contributed by atoms with Gasteiger partial charge in [0, 0.05) is 24.1 Å². The molecule has 3 aromatic heterocycles. The van der Waals surface area contributed by atoms with Gasteiger partial charge < -0.3 is 19.9 Å². The number of aliphatic hydroxyl groups is 1. The normalized spacial score (nSPS) is 11.7. The number of pyridine rings is 2. The van der Waals surface area contributed by atoms with E-state index in [1.165, 1.54) is 18.3 Å². The van der Waals surface area contributed by atoms with Crippen LogP contribution in [-0.4, -0.2) is 42.5 Å². The van der Waals surface area contributed by atoms with Gasteiger partial charge in [-0.25, -0.2) is 28.2 Å². The maximum atomic E-state index is 15.0. The second-order valence-electron chi connectivity index (χ2n) is 9.75. The quantitative estimate of drug-likeness (QED) is 0.223. The summed E-state index contributed by atoms with van der Waals surface area (Å²) in [6.45, 7) is 4.27. The second kappa shape index (κ2) is 12.0. The molecule has 3 N–H and O–H groups in total. The Hall–Kier alpha value is -5.12. The highest BCUT2D eigenvalue weighted by molar-refractivity contribution is 6.05. The van der Waals surface area contributed by atoms with Crippen molar-refractivity contribution in [1.29, 1.82) is 0 Å². The van der Waals surface area contributed by atoms with Crippen molar-refractivity contribution in [2.75, 3.05) is 10.6 Å². The van der Waals surface area contributed by atoms with E-state index in [4.69, 9.17) is 9.47 Å². The smallest absolute Gasteiger partial charge is 0.434 e. The van der Waals surface area contributed by atoms with E-state index in [9.17, 15) is 36.6 Å². The summed E-state index contributed by atoms with van der Waals surface area (Å²) in [5.41, 5.74) is -3.63. The molecule has 0 unspecified atom stereocenters. The van der Waals surface area contributed by atoms with Crippen LogP contribution in [0, 0.1) is 11.6 Å². The standard InChI is InChI=1S/C27H23F5N6O5/c1-26(2,3)43-25(41)37-22-16(13-39)19(8-10-33-22)42-20-7-6-14(11-18(20)29)36-24(40)15-12-35-38(21(15)27(30,31)32)23-17(28)5-4-9-34-23/h4-12,39H,13H2,1-3H3,(H,36,40)(H,33,37,41). The Morgan fingerprint density at radius 2 is 1.72 bits per heavy atom. The third-order valence-corrected chi connectivity index (χ3v) is 5.42. The summed E-state index contributed by atoms with van der Waals surface area (Å²) in [7, 11) is 0. The largest absolute Gasteiger partial charge is 0.454 e. The number of halogens is 5. The Morgan fingerprint density at radius 3 is 2.35 bits per heavy atom. The molecule has 0 radical (unpaired) electrons. The van der Waals surface area contributed by atoms with Crippen LogP contribution in [0.2, 0.25) is 0 Å². The molecule has 11 nitrogen and oxygen atoms in total. The molecule has 0 aliphatic heterocycles. The Kier molecular flexibility index (Phi) is 8.61.